The van der Waals surface area contributed by atoms with E-state index in [1.54, 1.807) is 0 Å². The number of H-pyrrole nitrogens is 1. The van der Waals surface area contributed by atoms with Crippen molar-refractivity contribution in [1.82, 2.24) is 9.78 Å². The molecule has 1 heterocycles. The molecule has 0 spiro atoms. The molecular weight excluding hydrogens is 188 g/mol. The molecule has 0 radical (unpaired) electrons. The predicted octanol–water partition coefficient (Wildman–Crippen LogP) is 2.25. The molecule has 3 nitrogen and oxygen atoms in total. The molecular formula is C12H22N2O. The highest BCUT2D eigenvalue weighted by molar-refractivity contribution is 5.18. The SMILES string of the molecule is CCCCc1c(CC(C)C)n(C)[nH]c1=O. The van der Waals surface area contributed by atoms with Gasteiger partial charge in [-0.25, -0.2) is 0 Å². The smallest absolute Gasteiger partial charge is 0.267 e. The van der Waals surface area contributed by atoms with E-state index >= 15 is 0 Å². The zero-order valence-electron chi connectivity index (χ0n) is 10.3. The fourth-order valence-electron chi connectivity index (χ4n) is 1.88. The van der Waals surface area contributed by atoms with Gasteiger partial charge < -0.3 is 0 Å². The van der Waals surface area contributed by atoms with Gasteiger partial charge in [0.25, 0.3) is 5.56 Å². The van der Waals surface area contributed by atoms with E-state index in [0.29, 0.717) is 5.92 Å². The lowest BCUT2D eigenvalue weighted by molar-refractivity contribution is 0.589. The summed E-state index contributed by atoms with van der Waals surface area (Å²) >= 11 is 0. The molecule has 0 saturated carbocycles. The molecule has 0 bridgehead atoms. The van der Waals surface area contributed by atoms with Crippen molar-refractivity contribution in [2.45, 2.75) is 46.5 Å². The van der Waals surface area contributed by atoms with Crippen molar-refractivity contribution < 1.29 is 0 Å². The Morgan fingerprint density at radius 1 is 1.40 bits per heavy atom. The summed E-state index contributed by atoms with van der Waals surface area (Å²) in [7, 11) is 1.93. The largest absolute Gasteiger partial charge is 0.292 e. The third-order valence-corrected chi connectivity index (χ3v) is 2.68. The Hall–Kier alpha value is -0.990. The maximum absolute atomic E-state index is 11.7. The first-order chi connectivity index (χ1) is 7.06. The summed E-state index contributed by atoms with van der Waals surface area (Å²) in [5, 5.41) is 2.85. The molecule has 1 rings (SSSR count). The molecule has 1 aromatic heterocycles. The Balaban J connectivity index is 2.95. The second-order valence-electron chi connectivity index (χ2n) is 4.63. The van der Waals surface area contributed by atoms with Crippen LogP contribution < -0.4 is 5.56 Å². The maximum atomic E-state index is 11.7. The lowest BCUT2D eigenvalue weighted by atomic mass is 10.0. The first-order valence-corrected chi connectivity index (χ1v) is 5.83. The van der Waals surface area contributed by atoms with Gasteiger partial charge in [-0.1, -0.05) is 27.2 Å². The van der Waals surface area contributed by atoms with Crippen LogP contribution in [0.1, 0.15) is 44.9 Å². The molecule has 0 amide bonds. The molecule has 0 unspecified atom stereocenters. The van der Waals surface area contributed by atoms with Gasteiger partial charge in [0.05, 0.1) is 0 Å². The van der Waals surface area contributed by atoms with Gasteiger partial charge >= 0.3 is 0 Å². The van der Waals surface area contributed by atoms with Gasteiger partial charge in [0, 0.05) is 18.3 Å². The van der Waals surface area contributed by atoms with E-state index in [4.69, 9.17) is 0 Å². The van der Waals surface area contributed by atoms with Gasteiger partial charge in [0.1, 0.15) is 0 Å². The quantitative estimate of drug-likeness (QED) is 0.795. The predicted molar refractivity (Wildman–Crippen MR) is 63.2 cm³/mol. The lowest BCUT2D eigenvalue weighted by Gasteiger charge is -2.08. The van der Waals surface area contributed by atoms with Crippen LogP contribution in [-0.2, 0) is 19.9 Å². The molecule has 0 aromatic carbocycles. The van der Waals surface area contributed by atoms with Crippen molar-refractivity contribution in [1.29, 1.82) is 0 Å². The Bertz CT molecular complexity index is 360. The third-order valence-electron chi connectivity index (χ3n) is 2.68. The Morgan fingerprint density at radius 3 is 2.60 bits per heavy atom. The summed E-state index contributed by atoms with van der Waals surface area (Å²) in [5.41, 5.74) is 2.28. The number of aromatic amines is 1. The summed E-state index contributed by atoms with van der Waals surface area (Å²) < 4.78 is 1.88. The third kappa shape index (κ3) is 2.98. The molecule has 3 heteroatoms. The van der Waals surface area contributed by atoms with Crippen LogP contribution in [0.25, 0.3) is 0 Å². The summed E-state index contributed by atoms with van der Waals surface area (Å²) in [5.74, 6) is 0.590. The van der Waals surface area contributed by atoms with Crippen LogP contribution in [0.4, 0.5) is 0 Å². The van der Waals surface area contributed by atoms with Crippen LogP contribution in [0.5, 0.6) is 0 Å². The normalized spacial score (nSPS) is 11.3. The number of aromatic nitrogens is 2. The molecule has 86 valence electrons. The van der Waals surface area contributed by atoms with E-state index in [1.165, 1.54) is 5.69 Å². The Morgan fingerprint density at radius 2 is 2.07 bits per heavy atom. The van der Waals surface area contributed by atoms with E-state index in [9.17, 15) is 4.79 Å². The van der Waals surface area contributed by atoms with Crippen molar-refractivity contribution in [3.8, 4) is 0 Å². The number of hydrogen-bond acceptors (Lipinski definition) is 1. The van der Waals surface area contributed by atoms with Crippen molar-refractivity contribution in [2.24, 2.45) is 13.0 Å². The minimum atomic E-state index is 0.0987. The highest BCUT2D eigenvalue weighted by atomic mass is 16.1. The van der Waals surface area contributed by atoms with Gasteiger partial charge in [0.2, 0.25) is 0 Å². The van der Waals surface area contributed by atoms with Crippen LogP contribution in [0, 0.1) is 5.92 Å². The van der Waals surface area contributed by atoms with Gasteiger partial charge in [-0.2, -0.15) is 0 Å². The Kier molecular flexibility index (Phi) is 4.18. The number of nitrogens with zero attached hydrogens (tertiary/aromatic N) is 1. The van der Waals surface area contributed by atoms with Crippen LogP contribution in [0.15, 0.2) is 4.79 Å². The highest BCUT2D eigenvalue weighted by Gasteiger charge is 2.13. The van der Waals surface area contributed by atoms with E-state index < -0.39 is 0 Å². The van der Waals surface area contributed by atoms with Crippen LogP contribution >= 0.6 is 0 Å². The van der Waals surface area contributed by atoms with E-state index in [2.05, 4.69) is 25.9 Å². The molecule has 0 saturated heterocycles. The van der Waals surface area contributed by atoms with Crippen LogP contribution in [0.2, 0.25) is 0 Å². The first kappa shape index (κ1) is 12.1. The number of unbranched alkanes of at least 4 members (excludes halogenated alkanes) is 1. The summed E-state index contributed by atoms with van der Waals surface area (Å²) in [6.07, 6.45) is 4.12. The standard InChI is InChI=1S/C12H22N2O/c1-5-6-7-10-11(8-9(2)3)14(4)13-12(10)15/h9H,5-8H2,1-4H3,(H,13,15). The van der Waals surface area contributed by atoms with Crippen molar-refractivity contribution in [3.05, 3.63) is 21.6 Å². The molecule has 0 aliphatic heterocycles. The van der Waals surface area contributed by atoms with Gasteiger partial charge in [-0.15, -0.1) is 0 Å². The lowest BCUT2D eigenvalue weighted by Crippen LogP contribution is -2.08. The second-order valence-corrected chi connectivity index (χ2v) is 4.63. The Labute approximate surface area is 91.5 Å². The topological polar surface area (TPSA) is 37.8 Å². The summed E-state index contributed by atoms with van der Waals surface area (Å²) in [4.78, 5) is 11.7. The fourth-order valence-corrected chi connectivity index (χ4v) is 1.88. The second kappa shape index (κ2) is 5.19. The van der Waals surface area contributed by atoms with Gasteiger partial charge in [-0.05, 0) is 25.2 Å². The highest BCUT2D eigenvalue weighted by Crippen LogP contribution is 2.12. The number of aryl methyl sites for hydroxylation is 1. The van der Waals surface area contributed by atoms with Crippen LogP contribution in [0.3, 0.4) is 0 Å². The van der Waals surface area contributed by atoms with Gasteiger partial charge in [0.15, 0.2) is 0 Å². The fraction of sp³-hybridized carbons (Fsp3) is 0.750. The van der Waals surface area contributed by atoms with Gasteiger partial charge in [-0.3, -0.25) is 14.6 Å². The molecule has 1 aromatic rings. The van der Waals surface area contributed by atoms with E-state index in [1.807, 2.05) is 11.7 Å². The van der Waals surface area contributed by atoms with Crippen LogP contribution in [-0.4, -0.2) is 9.78 Å². The average Bonchev–Trinajstić information content (AvgIpc) is 2.39. The first-order valence-electron chi connectivity index (χ1n) is 5.83. The van der Waals surface area contributed by atoms with Crippen molar-refractivity contribution in [3.63, 3.8) is 0 Å². The zero-order valence-corrected chi connectivity index (χ0v) is 10.3. The molecule has 0 aliphatic carbocycles. The minimum Gasteiger partial charge on any atom is -0.292 e. The molecule has 0 atom stereocenters. The zero-order chi connectivity index (χ0) is 11.4. The molecule has 1 N–H and O–H groups in total. The number of hydrogen-bond donors (Lipinski definition) is 1. The average molecular weight is 210 g/mol. The molecule has 15 heavy (non-hydrogen) atoms. The van der Waals surface area contributed by atoms with Crippen molar-refractivity contribution >= 4 is 0 Å². The summed E-state index contributed by atoms with van der Waals surface area (Å²) in [6.45, 7) is 6.52. The monoisotopic (exact) mass is 210 g/mol. The molecule has 0 fully saturated rings. The maximum Gasteiger partial charge on any atom is 0.267 e. The number of rotatable bonds is 5. The molecule has 0 aliphatic rings. The minimum absolute atomic E-state index is 0.0987. The summed E-state index contributed by atoms with van der Waals surface area (Å²) in [6, 6.07) is 0. The number of nitrogens with one attached hydrogen (secondary N) is 1. The van der Waals surface area contributed by atoms with Crippen molar-refractivity contribution in [2.75, 3.05) is 0 Å². The van der Waals surface area contributed by atoms with E-state index in [-0.39, 0.29) is 5.56 Å². The van der Waals surface area contributed by atoms with E-state index in [0.717, 1.165) is 31.2 Å².